The summed E-state index contributed by atoms with van der Waals surface area (Å²) in [6.07, 6.45) is 0. The lowest BCUT2D eigenvalue weighted by molar-refractivity contribution is -0.384. The van der Waals surface area contributed by atoms with Gasteiger partial charge in [0.1, 0.15) is 0 Å². The van der Waals surface area contributed by atoms with Crippen LogP contribution in [0.25, 0.3) is 0 Å². The van der Waals surface area contributed by atoms with Gasteiger partial charge in [0.15, 0.2) is 0 Å². The molecule has 5 heteroatoms. The van der Waals surface area contributed by atoms with E-state index < -0.39 is 4.92 Å². The Morgan fingerprint density at radius 2 is 1.47 bits per heavy atom. The number of nitro groups is 1. The van der Waals surface area contributed by atoms with Gasteiger partial charge in [0.05, 0.1) is 16.3 Å². The highest BCUT2D eigenvalue weighted by Crippen LogP contribution is 2.23. The van der Waals surface area contributed by atoms with Crippen molar-refractivity contribution in [2.45, 2.75) is 0 Å². The van der Waals surface area contributed by atoms with E-state index in [0.717, 1.165) is 5.69 Å². The molecule has 0 atom stereocenters. The van der Waals surface area contributed by atoms with Crippen molar-refractivity contribution in [3.05, 3.63) is 64.7 Å². The number of rotatable bonds is 3. The van der Waals surface area contributed by atoms with Gasteiger partial charge < -0.3 is 0 Å². The number of anilines is 2. The minimum Gasteiger partial charge on any atom is -0.280 e. The molecule has 0 fully saturated rings. The topological polar surface area (TPSA) is 72.4 Å². The van der Waals surface area contributed by atoms with Gasteiger partial charge in [0, 0.05) is 12.1 Å². The summed E-state index contributed by atoms with van der Waals surface area (Å²) in [5, 5.41) is 12.0. The van der Waals surface area contributed by atoms with Crippen molar-refractivity contribution in [3.8, 4) is 0 Å². The van der Waals surface area contributed by atoms with E-state index >= 15 is 0 Å². The molecule has 0 aliphatic carbocycles. The number of non-ortho nitro benzene ring substituents is 1. The SMILES string of the molecule is NN(c1ccccc1)c1ccc([N+](=O)[O-])cc1. The van der Waals surface area contributed by atoms with Gasteiger partial charge in [-0.25, -0.2) is 5.84 Å². The van der Waals surface area contributed by atoms with Crippen molar-refractivity contribution in [1.82, 2.24) is 0 Å². The molecule has 2 aromatic carbocycles. The van der Waals surface area contributed by atoms with E-state index in [0.29, 0.717) is 5.69 Å². The second-order valence-corrected chi connectivity index (χ2v) is 3.48. The minimum absolute atomic E-state index is 0.0511. The van der Waals surface area contributed by atoms with Crippen molar-refractivity contribution in [1.29, 1.82) is 0 Å². The van der Waals surface area contributed by atoms with E-state index in [1.54, 1.807) is 12.1 Å². The van der Waals surface area contributed by atoms with E-state index in [1.807, 2.05) is 30.3 Å². The lowest BCUT2D eigenvalue weighted by atomic mass is 10.2. The number of nitrogens with two attached hydrogens (primary N) is 1. The van der Waals surface area contributed by atoms with Gasteiger partial charge in [-0.15, -0.1) is 0 Å². The largest absolute Gasteiger partial charge is 0.280 e. The maximum absolute atomic E-state index is 10.5. The number of nitrogens with zero attached hydrogens (tertiary/aromatic N) is 2. The Kier molecular flexibility index (Phi) is 3.02. The maximum Gasteiger partial charge on any atom is 0.269 e. The first kappa shape index (κ1) is 11.1. The van der Waals surface area contributed by atoms with Crippen LogP contribution in [0.1, 0.15) is 0 Å². The minimum atomic E-state index is -0.437. The lowest BCUT2D eigenvalue weighted by Gasteiger charge is -2.18. The van der Waals surface area contributed by atoms with Crippen LogP contribution in [0, 0.1) is 10.1 Å². The molecule has 0 amide bonds. The summed E-state index contributed by atoms with van der Waals surface area (Å²) in [7, 11) is 0. The standard InChI is InChI=1S/C12H11N3O2/c13-14(10-4-2-1-3-5-10)11-6-8-12(9-7-11)15(16)17/h1-9H,13H2. The summed E-state index contributed by atoms with van der Waals surface area (Å²) in [4.78, 5) is 10.1. The first-order chi connectivity index (χ1) is 8.18. The van der Waals surface area contributed by atoms with E-state index in [9.17, 15) is 10.1 Å². The van der Waals surface area contributed by atoms with Crippen LogP contribution in [0.4, 0.5) is 17.1 Å². The van der Waals surface area contributed by atoms with Gasteiger partial charge in [-0.05, 0) is 24.3 Å². The fraction of sp³-hybridized carbons (Fsp3) is 0. The van der Waals surface area contributed by atoms with E-state index in [1.165, 1.54) is 17.1 Å². The molecule has 0 heterocycles. The van der Waals surface area contributed by atoms with Gasteiger partial charge >= 0.3 is 0 Å². The molecule has 5 nitrogen and oxygen atoms in total. The first-order valence-corrected chi connectivity index (χ1v) is 5.03. The first-order valence-electron chi connectivity index (χ1n) is 5.03. The Morgan fingerprint density at radius 1 is 0.941 bits per heavy atom. The van der Waals surface area contributed by atoms with Crippen molar-refractivity contribution in [3.63, 3.8) is 0 Å². The molecule has 0 bridgehead atoms. The Labute approximate surface area is 98.2 Å². The van der Waals surface area contributed by atoms with Gasteiger partial charge in [-0.2, -0.15) is 0 Å². The van der Waals surface area contributed by atoms with Gasteiger partial charge in [-0.1, -0.05) is 18.2 Å². The van der Waals surface area contributed by atoms with Crippen LogP contribution in [-0.2, 0) is 0 Å². The van der Waals surface area contributed by atoms with Crippen LogP contribution in [0.5, 0.6) is 0 Å². The van der Waals surface area contributed by atoms with E-state index in [4.69, 9.17) is 5.84 Å². The average Bonchev–Trinajstić information content (AvgIpc) is 2.39. The summed E-state index contributed by atoms with van der Waals surface area (Å²) in [6.45, 7) is 0. The molecule has 0 saturated carbocycles. The monoisotopic (exact) mass is 229 g/mol. The number of para-hydroxylation sites is 1. The molecular weight excluding hydrogens is 218 g/mol. The number of hydrazine groups is 1. The van der Waals surface area contributed by atoms with Crippen molar-refractivity contribution in [2.75, 3.05) is 5.01 Å². The molecule has 0 aliphatic heterocycles. The Hall–Kier alpha value is -2.40. The van der Waals surface area contributed by atoms with E-state index in [2.05, 4.69) is 0 Å². The third-order valence-electron chi connectivity index (χ3n) is 2.37. The summed E-state index contributed by atoms with van der Waals surface area (Å²) in [6, 6.07) is 15.5. The zero-order valence-corrected chi connectivity index (χ0v) is 8.98. The van der Waals surface area contributed by atoms with Gasteiger partial charge in [0.25, 0.3) is 5.69 Å². The zero-order chi connectivity index (χ0) is 12.3. The fourth-order valence-corrected chi connectivity index (χ4v) is 1.47. The molecule has 86 valence electrons. The third-order valence-corrected chi connectivity index (χ3v) is 2.37. The predicted octanol–water partition coefficient (Wildman–Crippen LogP) is 2.61. The van der Waals surface area contributed by atoms with Crippen LogP contribution in [0.3, 0.4) is 0 Å². The molecule has 0 unspecified atom stereocenters. The number of hydrogen-bond acceptors (Lipinski definition) is 4. The smallest absolute Gasteiger partial charge is 0.269 e. The Balaban J connectivity index is 2.26. The number of nitro benzene ring substituents is 1. The van der Waals surface area contributed by atoms with Crippen molar-refractivity contribution in [2.24, 2.45) is 5.84 Å². The van der Waals surface area contributed by atoms with Crippen LogP contribution in [0.2, 0.25) is 0 Å². The second kappa shape index (κ2) is 4.63. The maximum atomic E-state index is 10.5. The molecule has 0 aliphatic rings. The molecule has 17 heavy (non-hydrogen) atoms. The quantitative estimate of drug-likeness (QED) is 0.498. The summed E-state index contributed by atoms with van der Waals surface area (Å²) >= 11 is 0. The van der Waals surface area contributed by atoms with E-state index in [-0.39, 0.29) is 5.69 Å². The Morgan fingerprint density at radius 3 is 2.00 bits per heavy atom. The summed E-state index contributed by atoms with van der Waals surface area (Å²) < 4.78 is 0. The molecule has 0 radical (unpaired) electrons. The van der Waals surface area contributed by atoms with Crippen LogP contribution in [-0.4, -0.2) is 4.92 Å². The number of hydrogen-bond donors (Lipinski definition) is 1. The van der Waals surface area contributed by atoms with Crippen molar-refractivity contribution < 1.29 is 4.92 Å². The Bertz CT molecular complexity index is 511. The van der Waals surface area contributed by atoms with Gasteiger partial charge in [-0.3, -0.25) is 15.1 Å². The summed E-state index contributed by atoms with van der Waals surface area (Å²) in [5.41, 5.74) is 1.57. The molecule has 0 aromatic heterocycles. The molecular formula is C12H11N3O2. The van der Waals surface area contributed by atoms with Crippen LogP contribution >= 0.6 is 0 Å². The predicted molar refractivity (Wildman–Crippen MR) is 65.9 cm³/mol. The average molecular weight is 229 g/mol. The highest BCUT2D eigenvalue weighted by Gasteiger charge is 2.07. The molecule has 2 rings (SSSR count). The highest BCUT2D eigenvalue weighted by molar-refractivity contribution is 5.62. The number of benzene rings is 2. The highest BCUT2D eigenvalue weighted by atomic mass is 16.6. The molecule has 0 spiro atoms. The second-order valence-electron chi connectivity index (χ2n) is 3.48. The third kappa shape index (κ3) is 2.40. The molecule has 2 N–H and O–H groups in total. The molecule has 0 saturated heterocycles. The molecule has 2 aromatic rings. The van der Waals surface area contributed by atoms with Crippen molar-refractivity contribution >= 4 is 17.1 Å². The fourth-order valence-electron chi connectivity index (χ4n) is 1.47. The summed E-state index contributed by atoms with van der Waals surface area (Å²) in [5.74, 6) is 5.91. The normalized spacial score (nSPS) is 9.94. The van der Waals surface area contributed by atoms with Gasteiger partial charge in [0.2, 0.25) is 0 Å². The lowest BCUT2D eigenvalue weighted by Crippen LogP contribution is -2.24. The van der Waals surface area contributed by atoms with Crippen LogP contribution in [0.15, 0.2) is 54.6 Å². The zero-order valence-electron chi connectivity index (χ0n) is 8.98. The van der Waals surface area contributed by atoms with Crippen LogP contribution < -0.4 is 10.9 Å².